The van der Waals surface area contributed by atoms with Crippen molar-refractivity contribution in [1.29, 1.82) is 0 Å². The number of carboxylic acids is 1. The molecule has 2 atom stereocenters. The van der Waals surface area contributed by atoms with Crippen molar-refractivity contribution in [3.8, 4) is 0 Å². The average Bonchev–Trinajstić information content (AvgIpc) is 2.71. The zero-order valence-electron chi connectivity index (χ0n) is 9.81. The molecule has 18 heavy (non-hydrogen) atoms. The lowest BCUT2D eigenvalue weighted by Crippen LogP contribution is -2.23. The number of nitrogens with zero attached hydrogens (tertiary/aromatic N) is 3. The molecule has 0 spiro atoms. The number of hydrogen-bond acceptors (Lipinski definition) is 5. The van der Waals surface area contributed by atoms with E-state index in [2.05, 4.69) is 4.98 Å². The minimum absolute atomic E-state index is 0.0412. The second kappa shape index (κ2) is 4.59. The Hall–Kier alpha value is -2.18. The number of aromatic nitrogens is 1. The van der Waals surface area contributed by atoms with Crippen LogP contribution in [0.5, 0.6) is 0 Å². The molecule has 1 aromatic heterocycles. The number of rotatable bonds is 3. The molecule has 1 aromatic rings. The average molecular weight is 251 g/mol. The fourth-order valence-corrected chi connectivity index (χ4v) is 2.15. The Morgan fingerprint density at radius 1 is 1.56 bits per heavy atom. The first kappa shape index (κ1) is 12.3. The minimum Gasteiger partial charge on any atom is -0.481 e. The van der Waals surface area contributed by atoms with Gasteiger partial charge in [0.25, 0.3) is 5.69 Å². The third-order valence-corrected chi connectivity index (χ3v) is 3.20. The monoisotopic (exact) mass is 251 g/mol. The molecule has 0 unspecified atom stereocenters. The molecule has 0 bridgehead atoms. The van der Waals surface area contributed by atoms with Gasteiger partial charge in [-0.15, -0.1) is 0 Å². The largest absolute Gasteiger partial charge is 0.481 e. The summed E-state index contributed by atoms with van der Waals surface area (Å²) in [5, 5.41) is 19.5. The Morgan fingerprint density at radius 3 is 2.72 bits per heavy atom. The van der Waals surface area contributed by atoms with Gasteiger partial charge in [-0.2, -0.15) is 0 Å². The predicted molar refractivity (Wildman–Crippen MR) is 63.4 cm³/mol. The standard InChI is InChI=1S/C11H13N3O4/c1-7-5-13(6-9(7)11(15)16)10-3-2-8(4-12-10)14(17)18/h2-4,7,9H,5-6H2,1H3,(H,15,16)/t7-,9-/m1/s1. The first-order valence-corrected chi connectivity index (χ1v) is 5.57. The van der Waals surface area contributed by atoms with E-state index in [9.17, 15) is 14.9 Å². The Kier molecular flexibility index (Phi) is 3.14. The zero-order valence-corrected chi connectivity index (χ0v) is 9.81. The Labute approximate surface area is 103 Å². The van der Waals surface area contributed by atoms with Crippen LogP contribution in [0.2, 0.25) is 0 Å². The summed E-state index contributed by atoms with van der Waals surface area (Å²) in [5.74, 6) is -0.607. The fourth-order valence-electron chi connectivity index (χ4n) is 2.15. The van der Waals surface area contributed by atoms with Gasteiger partial charge in [-0.25, -0.2) is 4.98 Å². The van der Waals surface area contributed by atoms with Crippen LogP contribution in [0, 0.1) is 22.0 Å². The zero-order chi connectivity index (χ0) is 13.3. The van der Waals surface area contributed by atoms with Crippen LogP contribution in [-0.4, -0.2) is 34.1 Å². The van der Waals surface area contributed by atoms with Crippen molar-refractivity contribution in [2.24, 2.45) is 11.8 Å². The topological polar surface area (TPSA) is 96.6 Å². The molecule has 2 rings (SSSR count). The van der Waals surface area contributed by atoms with Gasteiger partial charge in [-0.3, -0.25) is 14.9 Å². The van der Waals surface area contributed by atoms with Crippen molar-refractivity contribution in [2.75, 3.05) is 18.0 Å². The Balaban J connectivity index is 2.14. The number of carbonyl (C=O) groups is 1. The van der Waals surface area contributed by atoms with Crippen molar-refractivity contribution in [2.45, 2.75) is 6.92 Å². The van der Waals surface area contributed by atoms with E-state index in [4.69, 9.17) is 5.11 Å². The molecule has 1 aliphatic heterocycles. The molecule has 0 saturated carbocycles. The van der Waals surface area contributed by atoms with E-state index in [1.807, 2.05) is 11.8 Å². The van der Waals surface area contributed by atoms with Gasteiger partial charge < -0.3 is 10.0 Å². The molecule has 1 saturated heterocycles. The highest BCUT2D eigenvalue weighted by Crippen LogP contribution is 2.27. The van der Waals surface area contributed by atoms with Crippen molar-refractivity contribution in [1.82, 2.24) is 4.98 Å². The van der Waals surface area contributed by atoms with Crippen LogP contribution >= 0.6 is 0 Å². The summed E-state index contributed by atoms with van der Waals surface area (Å²) in [4.78, 5) is 26.8. The van der Waals surface area contributed by atoms with Crippen molar-refractivity contribution < 1.29 is 14.8 Å². The van der Waals surface area contributed by atoms with Gasteiger partial charge in [0.05, 0.1) is 10.8 Å². The van der Waals surface area contributed by atoms with Crippen LogP contribution < -0.4 is 4.90 Å². The van der Waals surface area contributed by atoms with Crippen LogP contribution in [0.1, 0.15) is 6.92 Å². The van der Waals surface area contributed by atoms with E-state index in [0.29, 0.717) is 18.9 Å². The maximum Gasteiger partial charge on any atom is 0.308 e. The van der Waals surface area contributed by atoms with Crippen molar-refractivity contribution in [3.05, 3.63) is 28.4 Å². The van der Waals surface area contributed by atoms with E-state index in [1.54, 1.807) is 6.07 Å². The molecule has 1 aliphatic rings. The number of hydrogen-bond donors (Lipinski definition) is 1. The SMILES string of the molecule is C[C@@H]1CN(c2ccc([N+](=O)[O-])cn2)C[C@H]1C(=O)O. The molecular weight excluding hydrogens is 238 g/mol. The summed E-state index contributed by atoms with van der Waals surface area (Å²) in [6, 6.07) is 2.93. The maximum atomic E-state index is 11.0. The Morgan fingerprint density at radius 2 is 2.28 bits per heavy atom. The van der Waals surface area contributed by atoms with Crippen LogP contribution in [0.4, 0.5) is 11.5 Å². The summed E-state index contributed by atoms with van der Waals surface area (Å²) in [6.07, 6.45) is 1.19. The first-order valence-electron chi connectivity index (χ1n) is 5.57. The molecular formula is C11H13N3O4. The maximum absolute atomic E-state index is 11.0. The molecule has 1 N–H and O–H groups in total. The summed E-state index contributed by atoms with van der Waals surface area (Å²) in [7, 11) is 0. The highest BCUT2D eigenvalue weighted by Gasteiger charge is 2.35. The predicted octanol–water partition coefficient (Wildman–Crippen LogP) is 1.15. The molecule has 7 heteroatoms. The van der Waals surface area contributed by atoms with Crippen LogP contribution in [0.15, 0.2) is 18.3 Å². The van der Waals surface area contributed by atoms with E-state index in [1.165, 1.54) is 12.3 Å². The molecule has 1 fully saturated rings. The Bertz CT molecular complexity index is 474. The van der Waals surface area contributed by atoms with Gasteiger partial charge in [0.1, 0.15) is 12.0 Å². The molecule has 2 heterocycles. The second-order valence-corrected chi connectivity index (χ2v) is 4.46. The van der Waals surface area contributed by atoms with Crippen molar-refractivity contribution >= 4 is 17.5 Å². The fraction of sp³-hybridized carbons (Fsp3) is 0.455. The summed E-state index contributed by atoms with van der Waals surface area (Å²) >= 11 is 0. The van der Waals surface area contributed by atoms with Gasteiger partial charge in [0.15, 0.2) is 0 Å². The van der Waals surface area contributed by atoms with E-state index in [-0.39, 0.29) is 11.6 Å². The minimum atomic E-state index is -0.813. The van der Waals surface area contributed by atoms with E-state index >= 15 is 0 Å². The molecule has 7 nitrogen and oxygen atoms in total. The molecule has 0 aliphatic carbocycles. The summed E-state index contributed by atoms with van der Waals surface area (Å²) < 4.78 is 0. The summed E-state index contributed by atoms with van der Waals surface area (Å²) in [6.45, 7) is 2.87. The number of aliphatic carboxylic acids is 1. The lowest BCUT2D eigenvalue weighted by Gasteiger charge is -2.16. The smallest absolute Gasteiger partial charge is 0.308 e. The third kappa shape index (κ3) is 2.24. The normalized spacial score (nSPS) is 23.1. The van der Waals surface area contributed by atoms with Gasteiger partial charge in [0, 0.05) is 19.2 Å². The van der Waals surface area contributed by atoms with E-state index in [0.717, 1.165) is 0 Å². The van der Waals surface area contributed by atoms with E-state index < -0.39 is 16.8 Å². The number of pyridine rings is 1. The van der Waals surface area contributed by atoms with Gasteiger partial charge in [-0.05, 0) is 12.0 Å². The second-order valence-electron chi connectivity index (χ2n) is 4.46. The molecule has 0 radical (unpaired) electrons. The summed E-state index contributed by atoms with van der Waals surface area (Å²) in [5.41, 5.74) is -0.0687. The lowest BCUT2D eigenvalue weighted by molar-refractivity contribution is -0.385. The van der Waals surface area contributed by atoms with Gasteiger partial charge in [-0.1, -0.05) is 6.92 Å². The highest BCUT2D eigenvalue weighted by atomic mass is 16.6. The molecule has 0 aromatic carbocycles. The van der Waals surface area contributed by atoms with Crippen LogP contribution in [-0.2, 0) is 4.79 Å². The lowest BCUT2D eigenvalue weighted by atomic mass is 9.99. The highest BCUT2D eigenvalue weighted by molar-refractivity contribution is 5.72. The number of carboxylic acid groups (broad SMARTS) is 1. The number of nitro groups is 1. The van der Waals surface area contributed by atoms with Crippen molar-refractivity contribution in [3.63, 3.8) is 0 Å². The quantitative estimate of drug-likeness (QED) is 0.639. The van der Waals surface area contributed by atoms with Crippen LogP contribution in [0.25, 0.3) is 0 Å². The first-order chi connectivity index (χ1) is 8.49. The molecule has 0 amide bonds. The van der Waals surface area contributed by atoms with Crippen LogP contribution in [0.3, 0.4) is 0 Å². The number of anilines is 1. The molecule has 96 valence electrons. The third-order valence-electron chi connectivity index (χ3n) is 3.20. The van der Waals surface area contributed by atoms with Gasteiger partial charge in [0.2, 0.25) is 0 Å². The van der Waals surface area contributed by atoms with Gasteiger partial charge >= 0.3 is 5.97 Å².